The van der Waals surface area contributed by atoms with E-state index in [4.69, 9.17) is 32.5 Å². The minimum absolute atomic E-state index is 0. The molecule has 0 aliphatic rings. The molecule has 9 N–H and O–H groups in total. The molecule has 0 aromatic rings. The van der Waals surface area contributed by atoms with Gasteiger partial charge < -0.3 is 37.1 Å². The zero-order valence-corrected chi connectivity index (χ0v) is 30.1. The normalized spacial score (nSPS) is 10.4. The topological polar surface area (TPSA) is 208 Å². The molecule has 0 aromatic carbocycles. The largest absolute Gasteiger partial charge is 1.00 e. The average molecular weight is 615 g/mol. The first-order chi connectivity index (χ1) is 18.1. The first-order valence-electron chi connectivity index (χ1n) is 14.5. The van der Waals surface area contributed by atoms with Crippen molar-refractivity contribution in [1.29, 1.82) is 0 Å². The van der Waals surface area contributed by atoms with Crippen molar-refractivity contribution in [3.05, 3.63) is 0 Å². The van der Waals surface area contributed by atoms with E-state index in [1.54, 1.807) is 4.90 Å². The van der Waals surface area contributed by atoms with E-state index in [1.807, 2.05) is 41.5 Å². The Balaban J connectivity index is -0.000000106. The molecule has 0 aliphatic carbocycles. The maximum atomic E-state index is 10.1. The fraction of sp³-hybridized carbons (Fsp3) is 1.00. The summed E-state index contributed by atoms with van der Waals surface area (Å²) in [7, 11) is -4.48. The van der Waals surface area contributed by atoms with E-state index in [1.165, 1.54) is 44.9 Å². The Labute approximate surface area is 270 Å². The molecule has 13 heteroatoms. The molecule has 0 atom stereocenters. The molecule has 0 fully saturated rings. The van der Waals surface area contributed by atoms with E-state index in [9.17, 15) is 13.0 Å². The van der Waals surface area contributed by atoms with Gasteiger partial charge in [-0.2, -0.15) is 0 Å². The fourth-order valence-corrected chi connectivity index (χ4v) is 2.83. The number of aliphatic hydroxyl groups excluding tert-OH is 3. The molecule has 0 spiro atoms. The molecule has 0 heterocycles. The Kier molecular flexibility index (Phi) is 58.5. The van der Waals surface area contributed by atoms with Crippen molar-refractivity contribution >= 4 is 10.4 Å². The molecule has 0 aromatic heterocycles. The van der Waals surface area contributed by atoms with E-state index in [0.717, 1.165) is 12.8 Å². The summed E-state index contributed by atoms with van der Waals surface area (Å²) in [5, 5.41) is 25.5. The number of unbranched alkanes of at least 4 members (excludes halogenated alkanes) is 9. The second-order valence-electron chi connectivity index (χ2n) is 10.2. The monoisotopic (exact) mass is 614 g/mol. The molecule has 0 aliphatic heterocycles. The van der Waals surface area contributed by atoms with Crippen LogP contribution < -0.4 is 46.8 Å². The molecule has 0 unspecified atom stereocenters. The molecular formula is C27H67N4NaO7S. The molecule has 11 nitrogen and oxygen atoms in total. The van der Waals surface area contributed by atoms with Crippen LogP contribution in [-0.2, 0) is 14.6 Å². The average Bonchev–Trinajstić information content (AvgIpc) is 2.77. The summed E-state index contributed by atoms with van der Waals surface area (Å²) in [5.74, 6) is 0. The van der Waals surface area contributed by atoms with Crippen molar-refractivity contribution < 1.29 is 62.0 Å². The molecular weight excluding hydrogens is 547 g/mol. The van der Waals surface area contributed by atoms with Gasteiger partial charge in [0.15, 0.2) is 0 Å². The van der Waals surface area contributed by atoms with Crippen LogP contribution in [0.4, 0.5) is 0 Å². The molecule has 0 amide bonds. The standard InChI is InChI=1S/C12H26O4S.C6H15NO3.3C3H9N.Na/c1-2-3-4-5-6-7-8-9-10-11-12-16-17(13,14)15;8-4-1-7(2-5-9)3-6-10;3*1-3(2)4;/h2-12H2,1H3,(H,13,14,15);8-10H,1-6H2;3*3H,4H2,1-2H3;/q;;;;;+1/p-1. The van der Waals surface area contributed by atoms with E-state index in [2.05, 4.69) is 11.1 Å². The van der Waals surface area contributed by atoms with E-state index < -0.39 is 10.4 Å². The Hall–Kier alpha value is 0.590. The molecule has 0 radical (unpaired) electrons. The Morgan fingerprint density at radius 3 is 1.12 bits per heavy atom. The third kappa shape index (κ3) is 98.0. The maximum absolute atomic E-state index is 10.1. The van der Waals surface area contributed by atoms with Gasteiger partial charge in [-0.3, -0.25) is 9.08 Å². The minimum atomic E-state index is -4.48. The smallest absolute Gasteiger partial charge is 0.726 e. The van der Waals surface area contributed by atoms with Gasteiger partial charge in [0.2, 0.25) is 10.4 Å². The van der Waals surface area contributed by atoms with Gasteiger partial charge in [0.1, 0.15) is 0 Å². The zero-order chi connectivity index (χ0) is 31.5. The van der Waals surface area contributed by atoms with Crippen molar-refractivity contribution in [3.63, 3.8) is 0 Å². The zero-order valence-electron chi connectivity index (χ0n) is 27.3. The van der Waals surface area contributed by atoms with Crippen LogP contribution in [-0.4, -0.2) is 97.4 Å². The summed E-state index contributed by atoms with van der Waals surface area (Å²) >= 11 is 0. The Bertz CT molecular complexity index is 482. The summed E-state index contributed by atoms with van der Waals surface area (Å²) in [6, 6.07) is 1.000. The second-order valence-corrected chi connectivity index (χ2v) is 11.2. The SMILES string of the molecule is CC(C)N.CC(C)N.CC(C)N.CCCCCCCCCCCCOS(=O)(=O)[O-].OCCN(CCO)CCO.[Na+]. The van der Waals surface area contributed by atoms with Gasteiger partial charge in [-0.25, -0.2) is 8.42 Å². The summed E-state index contributed by atoms with van der Waals surface area (Å²) in [6.45, 7) is 15.7. The van der Waals surface area contributed by atoms with Gasteiger partial charge in [0, 0.05) is 19.6 Å². The molecule has 40 heavy (non-hydrogen) atoms. The number of hydrogen-bond acceptors (Lipinski definition) is 11. The van der Waals surface area contributed by atoms with Crippen molar-refractivity contribution in [2.24, 2.45) is 17.2 Å². The second kappa shape index (κ2) is 44.0. The van der Waals surface area contributed by atoms with Gasteiger partial charge in [-0.1, -0.05) is 106 Å². The first-order valence-corrected chi connectivity index (χ1v) is 15.9. The van der Waals surface area contributed by atoms with Gasteiger partial charge in [0.05, 0.1) is 26.4 Å². The molecule has 244 valence electrons. The van der Waals surface area contributed by atoms with Gasteiger partial charge in [0.25, 0.3) is 0 Å². The number of nitrogens with two attached hydrogens (primary N) is 3. The third-order valence-electron chi connectivity index (χ3n) is 3.97. The fourth-order valence-electron chi connectivity index (χ4n) is 2.51. The molecule has 0 bridgehead atoms. The Morgan fingerprint density at radius 1 is 0.650 bits per heavy atom. The van der Waals surface area contributed by atoms with Crippen molar-refractivity contribution in [1.82, 2.24) is 4.90 Å². The van der Waals surface area contributed by atoms with Gasteiger partial charge >= 0.3 is 29.6 Å². The minimum Gasteiger partial charge on any atom is -0.726 e. The maximum Gasteiger partial charge on any atom is 1.00 e. The van der Waals surface area contributed by atoms with E-state index in [-0.39, 0.29) is 56.0 Å². The predicted octanol–water partition coefficient (Wildman–Crippen LogP) is -0.286. The third-order valence-corrected chi connectivity index (χ3v) is 4.43. The number of nitrogens with zero attached hydrogens (tertiary/aromatic N) is 1. The van der Waals surface area contributed by atoms with Crippen LogP contribution in [0.15, 0.2) is 0 Å². The van der Waals surface area contributed by atoms with Gasteiger partial charge in [-0.05, 0) is 24.5 Å². The molecule has 0 saturated heterocycles. The van der Waals surface area contributed by atoms with Gasteiger partial charge in [-0.15, -0.1) is 0 Å². The van der Waals surface area contributed by atoms with Crippen molar-refractivity contribution in [2.75, 3.05) is 46.1 Å². The number of hydrogen-bond donors (Lipinski definition) is 6. The predicted molar refractivity (Wildman–Crippen MR) is 163 cm³/mol. The summed E-state index contributed by atoms with van der Waals surface area (Å²) in [4.78, 5) is 1.79. The van der Waals surface area contributed by atoms with Crippen LogP contribution in [0.1, 0.15) is 113 Å². The van der Waals surface area contributed by atoms with Crippen LogP contribution in [0.2, 0.25) is 0 Å². The first kappa shape index (κ1) is 53.2. The van der Waals surface area contributed by atoms with Crippen LogP contribution in [0, 0.1) is 0 Å². The molecule has 0 rings (SSSR count). The van der Waals surface area contributed by atoms with Crippen molar-refractivity contribution in [2.45, 2.75) is 131 Å². The Morgan fingerprint density at radius 2 is 0.900 bits per heavy atom. The quantitative estimate of drug-likeness (QED) is 0.0512. The van der Waals surface area contributed by atoms with Crippen molar-refractivity contribution in [3.8, 4) is 0 Å². The summed E-state index contributed by atoms with van der Waals surface area (Å²) in [5.41, 5.74) is 15.3. The number of aliphatic hydroxyl groups is 3. The van der Waals surface area contributed by atoms with Crippen LogP contribution in [0.5, 0.6) is 0 Å². The van der Waals surface area contributed by atoms with Crippen LogP contribution >= 0.6 is 0 Å². The van der Waals surface area contributed by atoms with Crippen LogP contribution in [0.3, 0.4) is 0 Å². The summed E-state index contributed by atoms with van der Waals surface area (Å²) < 4.78 is 34.5. The van der Waals surface area contributed by atoms with E-state index in [0.29, 0.717) is 44.2 Å². The molecule has 0 saturated carbocycles. The van der Waals surface area contributed by atoms with E-state index >= 15 is 0 Å². The van der Waals surface area contributed by atoms with Crippen LogP contribution in [0.25, 0.3) is 0 Å². The summed E-state index contributed by atoms with van der Waals surface area (Å²) in [6.07, 6.45) is 11.7. The number of rotatable bonds is 18.